The zero-order chi connectivity index (χ0) is 13.1. The van der Waals surface area contributed by atoms with Crippen molar-refractivity contribution < 1.29 is 4.74 Å². The second kappa shape index (κ2) is 5.38. The molecule has 0 saturated carbocycles. The van der Waals surface area contributed by atoms with E-state index in [9.17, 15) is 0 Å². The summed E-state index contributed by atoms with van der Waals surface area (Å²) in [4.78, 5) is 2.37. The van der Waals surface area contributed by atoms with Crippen LogP contribution in [0.25, 0.3) is 0 Å². The van der Waals surface area contributed by atoms with Gasteiger partial charge in [0, 0.05) is 25.2 Å². The number of methoxy groups -OCH3 is 1. The Kier molecular flexibility index (Phi) is 3.85. The highest BCUT2D eigenvalue weighted by atomic mass is 16.5. The van der Waals surface area contributed by atoms with E-state index < -0.39 is 0 Å². The van der Waals surface area contributed by atoms with Crippen LogP contribution in [0.15, 0.2) is 18.2 Å². The molecule has 1 saturated heterocycles. The third-order valence-electron chi connectivity index (χ3n) is 3.72. The minimum absolute atomic E-state index is 0.269. The fraction of sp³-hybridized carbons (Fsp3) is 0.500. The molecule has 0 radical (unpaired) electrons. The molecule has 0 aliphatic carbocycles. The number of nitrogens with zero attached hydrogens (tertiary/aromatic N) is 2. The minimum atomic E-state index is 0.269. The maximum absolute atomic E-state index is 8.94. The second-order valence-corrected chi connectivity index (χ2v) is 4.81. The van der Waals surface area contributed by atoms with E-state index in [-0.39, 0.29) is 6.04 Å². The third kappa shape index (κ3) is 2.47. The number of ether oxygens (including phenoxy) is 1. The second-order valence-electron chi connectivity index (χ2n) is 4.81. The van der Waals surface area contributed by atoms with Crippen molar-refractivity contribution in [1.82, 2.24) is 4.90 Å². The molecular weight excluding hydrogens is 226 g/mol. The SMILES string of the molecule is COc1cc(CN2CCC(N)C2C)ccc1C#N. The molecule has 2 N–H and O–H groups in total. The smallest absolute Gasteiger partial charge is 0.136 e. The number of nitrogens with two attached hydrogens (primary N) is 1. The van der Waals surface area contributed by atoms with Crippen LogP contribution in [0.3, 0.4) is 0 Å². The van der Waals surface area contributed by atoms with Crippen LogP contribution in [0.1, 0.15) is 24.5 Å². The lowest BCUT2D eigenvalue weighted by Crippen LogP contribution is -2.36. The van der Waals surface area contributed by atoms with Gasteiger partial charge in [0.1, 0.15) is 11.8 Å². The first-order valence-electron chi connectivity index (χ1n) is 6.22. The number of benzene rings is 1. The van der Waals surface area contributed by atoms with Crippen LogP contribution in [0.5, 0.6) is 5.75 Å². The molecule has 4 heteroatoms. The molecule has 1 fully saturated rings. The highest BCUT2D eigenvalue weighted by Crippen LogP contribution is 2.23. The Hall–Kier alpha value is -1.57. The van der Waals surface area contributed by atoms with E-state index in [1.807, 2.05) is 18.2 Å². The Labute approximate surface area is 108 Å². The Morgan fingerprint density at radius 3 is 2.89 bits per heavy atom. The first-order valence-corrected chi connectivity index (χ1v) is 6.22. The van der Waals surface area contributed by atoms with Gasteiger partial charge in [0.25, 0.3) is 0 Å². The monoisotopic (exact) mass is 245 g/mol. The molecule has 1 aromatic rings. The van der Waals surface area contributed by atoms with E-state index >= 15 is 0 Å². The summed E-state index contributed by atoms with van der Waals surface area (Å²) in [5.41, 5.74) is 7.75. The van der Waals surface area contributed by atoms with E-state index in [4.69, 9.17) is 15.7 Å². The molecular formula is C14H19N3O. The molecule has 1 heterocycles. The van der Waals surface area contributed by atoms with E-state index in [2.05, 4.69) is 17.9 Å². The van der Waals surface area contributed by atoms with Crippen molar-refractivity contribution in [3.8, 4) is 11.8 Å². The molecule has 0 amide bonds. The fourth-order valence-corrected chi connectivity index (χ4v) is 2.41. The van der Waals surface area contributed by atoms with Crippen molar-refractivity contribution >= 4 is 0 Å². The average Bonchev–Trinajstić information content (AvgIpc) is 2.70. The fourth-order valence-electron chi connectivity index (χ4n) is 2.41. The standard InChI is InChI=1S/C14H19N3O/c1-10-13(16)5-6-17(10)9-11-3-4-12(8-15)14(7-11)18-2/h3-4,7,10,13H,5-6,9,16H2,1-2H3. The maximum atomic E-state index is 8.94. The number of hydrogen-bond acceptors (Lipinski definition) is 4. The molecule has 2 rings (SSSR count). The molecule has 1 aliphatic rings. The summed E-state index contributed by atoms with van der Waals surface area (Å²) in [5, 5.41) is 8.94. The van der Waals surface area contributed by atoms with Crippen LogP contribution in [0.2, 0.25) is 0 Å². The van der Waals surface area contributed by atoms with Crippen molar-refractivity contribution in [2.45, 2.75) is 32.0 Å². The van der Waals surface area contributed by atoms with Gasteiger partial charge in [-0.1, -0.05) is 6.07 Å². The molecule has 2 unspecified atom stereocenters. The van der Waals surface area contributed by atoms with E-state index in [0.29, 0.717) is 17.4 Å². The predicted octanol–water partition coefficient (Wildman–Crippen LogP) is 1.49. The molecule has 0 bridgehead atoms. The van der Waals surface area contributed by atoms with Crippen LogP contribution >= 0.6 is 0 Å². The highest BCUT2D eigenvalue weighted by Gasteiger charge is 2.27. The molecule has 96 valence electrons. The lowest BCUT2D eigenvalue weighted by atomic mass is 10.1. The van der Waals surface area contributed by atoms with Gasteiger partial charge in [-0.25, -0.2) is 0 Å². The highest BCUT2D eigenvalue weighted by molar-refractivity contribution is 5.45. The Bertz CT molecular complexity index is 467. The van der Waals surface area contributed by atoms with Crippen molar-refractivity contribution in [2.24, 2.45) is 5.73 Å². The van der Waals surface area contributed by atoms with Gasteiger partial charge >= 0.3 is 0 Å². The lowest BCUT2D eigenvalue weighted by Gasteiger charge is -2.23. The van der Waals surface area contributed by atoms with Gasteiger partial charge in [0.05, 0.1) is 12.7 Å². The first kappa shape index (κ1) is 12.9. The largest absolute Gasteiger partial charge is 0.495 e. The van der Waals surface area contributed by atoms with Crippen LogP contribution in [0.4, 0.5) is 0 Å². The van der Waals surface area contributed by atoms with Gasteiger partial charge in [0.2, 0.25) is 0 Å². The summed E-state index contributed by atoms with van der Waals surface area (Å²) in [6.45, 7) is 4.06. The first-order chi connectivity index (χ1) is 8.65. The molecule has 1 aliphatic heterocycles. The minimum Gasteiger partial charge on any atom is -0.495 e. The summed E-state index contributed by atoms with van der Waals surface area (Å²) in [6.07, 6.45) is 1.05. The molecule has 0 spiro atoms. The zero-order valence-electron chi connectivity index (χ0n) is 10.9. The number of likely N-dealkylation sites (tertiary alicyclic amines) is 1. The van der Waals surface area contributed by atoms with Gasteiger partial charge in [-0.15, -0.1) is 0 Å². The summed E-state index contributed by atoms with van der Waals surface area (Å²) in [5.74, 6) is 0.645. The zero-order valence-corrected chi connectivity index (χ0v) is 10.9. The van der Waals surface area contributed by atoms with Crippen LogP contribution < -0.4 is 10.5 Å². The van der Waals surface area contributed by atoms with Gasteiger partial charge in [-0.05, 0) is 31.0 Å². The molecule has 4 nitrogen and oxygen atoms in total. The van der Waals surface area contributed by atoms with Crippen molar-refractivity contribution in [3.05, 3.63) is 29.3 Å². The molecule has 1 aromatic carbocycles. The topological polar surface area (TPSA) is 62.3 Å². The van der Waals surface area contributed by atoms with E-state index in [1.165, 1.54) is 0 Å². The lowest BCUT2D eigenvalue weighted by molar-refractivity contribution is 0.251. The summed E-state index contributed by atoms with van der Waals surface area (Å²) < 4.78 is 5.22. The third-order valence-corrected chi connectivity index (χ3v) is 3.72. The molecule has 0 aromatic heterocycles. The number of nitriles is 1. The van der Waals surface area contributed by atoms with Crippen LogP contribution in [-0.4, -0.2) is 30.6 Å². The quantitative estimate of drug-likeness (QED) is 0.876. The van der Waals surface area contributed by atoms with Crippen molar-refractivity contribution in [2.75, 3.05) is 13.7 Å². The Morgan fingerprint density at radius 1 is 1.56 bits per heavy atom. The maximum Gasteiger partial charge on any atom is 0.136 e. The van der Waals surface area contributed by atoms with E-state index in [1.54, 1.807) is 7.11 Å². The van der Waals surface area contributed by atoms with Gasteiger partial charge in [0.15, 0.2) is 0 Å². The summed E-state index contributed by atoms with van der Waals surface area (Å²) in [6, 6.07) is 8.54. The Balaban J connectivity index is 2.13. The van der Waals surface area contributed by atoms with E-state index in [0.717, 1.165) is 25.1 Å². The van der Waals surface area contributed by atoms with Gasteiger partial charge in [-0.2, -0.15) is 5.26 Å². The molecule has 18 heavy (non-hydrogen) atoms. The number of rotatable bonds is 3. The Morgan fingerprint density at radius 2 is 2.33 bits per heavy atom. The number of hydrogen-bond donors (Lipinski definition) is 1. The normalized spacial score (nSPS) is 23.9. The average molecular weight is 245 g/mol. The van der Waals surface area contributed by atoms with Gasteiger partial charge < -0.3 is 10.5 Å². The van der Waals surface area contributed by atoms with Crippen molar-refractivity contribution in [3.63, 3.8) is 0 Å². The predicted molar refractivity (Wildman–Crippen MR) is 70.2 cm³/mol. The van der Waals surface area contributed by atoms with Crippen LogP contribution in [0, 0.1) is 11.3 Å². The summed E-state index contributed by atoms with van der Waals surface area (Å²) in [7, 11) is 1.59. The van der Waals surface area contributed by atoms with Crippen molar-refractivity contribution in [1.29, 1.82) is 5.26 Å². The summed E-state index contributed by atoms with van der Waals surface area (Å²) >= 11 is 0. The van der Waals surface area contributed by atoms with Gasteiger partial charge in [-0.3, -0.25) is 4.90 Å². The molecule has 2 atom stereocenters. The van der Waals surface area contributed by atoms with Crippen LogP contribution in [-0.2, 0) is 6.54 Å².